The van der Waals surface area contributed by atoms with E-state index in [0.29, 0.717) is 19.6 Å². The molecular formula is C24H34N2O3. The standard InChI is InChI=1S/C24H34N2O3/c1-3-29-21-6-4-17(5-7-21)16-26(2)23(28)15-25-22(27)14-24-11-18-8-19(12-24)10-20(9-18)13-24/h4-7,18-20H,3,8-16H2,1-2H3,(H,25,27). The second-order valence-corrected chi connectivity index (χ2v) is 9.70. The third-order valence-corrected chi connectivity index (χ3v) is 7.22. The predicted molar refractivity (Wildman–Crippen MR) is 112 cm³/mol. The third kappa shape index (κ3) is 4.76. The van der Waals surface area contributed by atoms with Gasteiger partial charge in [-0.1, -0.05) is 12.1 Å². The van der Waals surface area contributed by atoms with Crippen LogP contribution in [0.5, 0.6) is 5.75 Å². The normalized spacial score (nSPS) is 29.5. The van der Waals surface area contributed by atoms with Crippen molar-refractivity contribution in [3.05, 3.63) is 29.8 Å². The summed E-state index contributed by atoms with van der Waals surface area (Å²) in [6, 6.07) is 7.79. The predicted octanol–water partition coefficient (Wildman–Crippen LogP) is 3.77. The minimum Gasteiger partial charge on any atom is -0.494 e. The summed E-state index contributed by atoms with van der Waals surface area (Å²) in [5.41, 5.74) is 1.26. The molecule has 0 saturated heterocycles. The Labute approximate surface area is 174 Å². The van der Waals surface area contributed by atoms with Gasteiger partial charge in [0.1, 0.15) is 5.75 Å². The largest absolute Gasteiger partial charge is 0.494 e. The van der Waals surface area contributed by atoms with Gasteiger partial charge in [-0.2, -0.15) is 0 Å². The van der Waals surface area contributed by atoms with E-state index in [1.54, 1.807) is 11.9 Å². The van der Waals surface area contributed by atoms with Crippen LogP contribution in [0.3, 0.4) is 0 Å². The van der Waals surface area contributed by atoms with Crippen molar-refractivity contribution < 1.29 is 14.3 Å². The van der Waals surface area contributed by atoms with Gasteiger partial charge in [-0.15, -0.1) is 0 Å². The van der Waals surface area contributed by atoms with E-state index in [1.165, 1.54) is 38.5 Å². The fourth-order valence-corrected chi connectivity index (χ4v) is 6.44. The minimum atomic E-state index is -0.0576. The van der Waals surface area contributed by atoms with Crippen molar-refractivity contribution in [2.75, 3.05) is 20.2 Å². The van der Waals surface area contributed by atoms with Crippen LogP contribution in [-0.4, -0.2) is 36.9 Å². The first-order valence-electron chi connectivity index (χ1n) is 11.2. The monoisotopic (exact) mass is 398 g/mol. The SMILES string of the molecule is CCOc1ccc(CN(C)C(=O)CNC(=O)CC23CC4CC(CC(C4)C2)C3)cc1. The Balaban J connectivity index is 1.23. The van der Waals surface area contributed by atoms with Crippen molar-refractivity contribution >= 4 is 11.8 Å². The molecule has 5 heteroatoms. The maximum atomic E-state index is 12.6. The van der Waals surface area contributed by atoms with Crippen LogP contribution < -0.4 is 10.1 Å². The molecule has 0 unspecified atom stereocenters. The molecule has 4 saturated carbocycles. The second kappa shape index (κ2) is 8.37. The van der Waals surface area contributed by atoms with E-state index in [1.807, 2.05) is 31.2 Å². The summed E-state index contributed by atoms with van der Waals surface area (Å²) in [6.07, 6.45) is 8.42. The first kappa shape index (κ1) is 20.2. The molecule has 4 aliphatic rings. The maximum absolute atomic E-state index is 12.6. The number of benzene rings is 1. The molecule has 0 heterocycles. The molecule has 1 aromatic rings. The van der Waals surface area contributed by atoms with Crippen molar-refractivity contribution in [1.82, 2.24) is 10.2 Å². The first-order chi connectivity index (χ1) is 13.9. The molecule has 5 nitrogen and oxygen atoms in total. The lowest BCUT2D eigenvalue weighted by Crippen LogP contribution is -2.48. The van der Waals surface area contributed by atoms with E-state index < -0.39 is 0 Å². The van der Waals surface area contributed by atoms with Gasteiger partial charge in [-0.05, 0) is 86.3 Å². The van der Waals surface area contributed by atoms with Crippen molar-refractivity contribution in [3.8, 4) is 5.75 Å². The molecule has 29 heavy (non-hydrogen) atoms. The number of carbonyl (C=O) groups is 2. The van der Waals surface area contributed by atoms with E-state index in [2.05, 4.69) is 5.32 Å². The molecule has 1 aromatic carbocycles. The zero-order valence-electron chi connectivity index (χ0n) is 17.8. The van der Waals surface area contributed by atoms with Crippen LogP contribution in [0, 0.1) is 23.2 Å². The Bertz CT molecular complexity index is 708. The number of rotatable bonds is 8. The zero-order chi connectivity index (χ0) is 20.4. The van der Waals surface area contributed by atoms with Crippen LogP contribution in [0.1, 0.15) is 57.4 Å². The van der Waals surface area contributed by atoms with Crippen LogP contribution in [0.2, 0.25) is 0 Å². The first-order valence-corrected chi connectivity index (χ1v) is 11.2. The lowest BCUT2D eigenvalue weighted by atomic mass is 9.49. The van der Waals surface area contributed by atoms with Crippen LogP contribution in [-0.2, 0) is 16.1 Å². The smallest absolute Gasteiger partial charge is 0.242 e. The van der Waals surface area contributed by atoms with Gasteiger partial charge < -0.3 is 15.0 Å². The Kier molecular flexibility index (Phi) is 5.84. The summed E-state index contributed by atoms with van der Waals surface area (Å²) in [5, 5.41) is 2.90. The summed E-state index contributed by atoms with van der Waals surface area (Å²) < 4.78 is 5.45. The summed E-state index contributed by atoms with van der Waals surface area (Å²) in [6.45, 7) is 3.20. The van der Waals surface area contributed by atoms with E-state index >= 15 is 0 Å². The van der Waals surface area contributed by atoms with E-state index in [0.717, 1.165) is 29.1 Å². The van der Waals surface area contributed by atoms with Crippen LogP contribution in [0.4, 0.5) is 0 Å². The van der Waals surface area contributed by atoms with Gasteiger partial charge >= 0.3 is 0 Å². The van der Waals surface area contributed by atoms with Gasteiger partial charge in [0.15, 0.2) is 0 Å². The topological polar surface area (TPSA) is 58.6 Å². The maximum Gasteiger partial charge on any atom is 0.242 e. The van der Waals surface area contributed by atoms with Gasteiger partial charge in [-0.25, -0.2) is 0 Å². The van der Waals surface area contributed by atoms with Crippen molar-refractivity contribution in [1.29, 1.82) is 0 Å². The van der Waals surface area contributed by atoms with Crippen molar-refractivity contribution in [3.63, 3.8) is 0 Å². The highest BCUT2D eigenvalue weighted by atomic mass is 16.5. The van der Waals surface area contributed by atoms with Crippen LogP contribution in [0.15, 0.2) is 24.3 Å². The molecule has 1 N–H and O–H groups in total. The number of nitrogens with one attached hydrogen (secondary N) is 1. The third-order valence-electron chi connectivity index (χ3n) is 7.22. The molecule has 2 amide bonds. The molecule has 5 rings (SSSR count). The van der Waals surface area contributed by atoms with Gasteiger partial charge in [0.25, 0.3) is 0 Å². The lowest BCUT2D eigenvalue weighted by Gasteiger charge is -2.56. The van der Waals surface area contributed by atoms with Gasteiger partial charge in [-0.3, -0.25) is 9.59 Å². The molecule has 0 aromatic heterocycles. The van der Waals surface area contributed by atoms with Crippen molar-refractivity contribution in [2.45, 2.75) is 58.4 Å². The van der Waals surface area contributed by atoms with Crippen LogP contribution in [0.25, 0.3) is 0 Å². The molecule has 0 spiro atoms. The van der Waals surface area contributed by atoms with E-state index in [4.69, 9.17) is 4.74 Å². The number of amides is 2. The Hall–Kier alpha value is -2.04. The van der Waals surface area contributed by atoms with E-state index in [-0.39, 0.29) is 23.8 Å². The number of ether oxygens (including phenoxy) is 1. The lowest BCUT2D eigenvalue weighted by molar-refractivity contribution is -0.135. The Morgan fingerprint density at radius 2 is 1.66 bits per heavy atom. The number of carbonyl (C=O) groups excluding carboxylic acids is 2. The minimum absolute atomic E-state index is 0.0507. The second-order valence-electron chi connectivity index (χ2n) is 9.70. The summed E-state index contributed by atoms with van der Waals surface area (Å²) >= 11 is 0. The molecule has 158 valence electrons. The number of hydrogen-bond acceptors (Lipinski definition) is 3. The quantitative estimate of drug-likeness (QED) is 0.725. The Morgan fingerprint density at radius 3 is 2.21 bits per heavy atom. The fraction of sp³-hybridized carbons (Fsp3) is 0.667. The summed E-state index contributed by atoms with van der Waals surface area (Å²) in [4.78, 5) is 26.8. The summed E-state index contributed by atoms with van der Waals surface area (Å²) in [5.74, 6) is 3.36. The highest BCUT2D eigenvalue weighted by molar-refractivity contribution is 5.84. The molecule has 0 radical (unpaired) electrons. The van der Waals surface area contributed by atoms with Gasteiger partial charge in [0.05, 0.1) is 13.2 Å². The molecule has 4 fully saturated rings. The van der Waals surface area contributed by atoms with Gasteiger partial charge in [0, 0.05) is 20.0 Å². The highest BCUT2D eigenvalue weighted by Gasteiger charge is 2.51. The molecule has 4 bridgehead atoms. The summed E-state index contributed by atoms with van der Waals surface area (Å²) in [7, 11) is 1.78. The number of nitrogens with zero attached hydrogens (tertiary/aromatic N) is 1. The number of hydrogen-bond donors (Lipinski definition) is 1. The highest BCUT2D eigenvalue weighted by Crippen LogP contribution is 2.61. The molecule has 0 aliphatic heterocycles. The fourth-order valence-electron chi connectivity index (χ4n) is 6.44. The average Bonchev–Trinajstić information content (AvgIpc) is 2.66. The molecule has 0 atom stereocenters. The van der Waals surface area contributed by atoms with Crippen molar-refractivity contribution in [2.24, 2.45) is 23.2 Å². The Morgan fingerprint density at radius 1 is 1.07 bits per heavy atom. The zero-order valence-corrected chi connectivity index (χ0v) is 17.8. The average molecular weight is 399 g/mol. The molecule has 4 aliphatic carbocycles. The van der Waals surface area contributed by atoms with E-state index in [9.17, 15) is 9.59 Å². The number of likely N-dealkylation sites (N-methyl/N-ethyl adjacent to an activating group) is 1. The van der Waals surface area contributed by atoms with Crippen LogP contribution >= 0.6 is 0 Å². The molecular weight excluding hydrogens is 364 g/mol. The van der Waals surface area contributed by atoms with Gasteiger partial charge in [0.2, 0.25) is 11.8 Å².